The zero-order valence-electron chi connectivity index (χ0n) is 12.2. The molecule has 1 aliphatic rings. The Morgan fingerprint density at radius 3 is 2.72 bits per heavy atom. The second-order valence-corrected chi connectivity index (χ2v) is 5.35. The van der Waals surface area contributed by atoms with Crippen molar-refractivity contribution in [2.75, 3.05) is 33.3 Å². The van der Waals surface area contributed by atoms with Crippen molar-refractivity contribution < 1.29 is 9.53 Å². The van der Waals surface area contributed by atoms with E-state index in [0.29, 0.717) is 5.92 Å². The quantitative estimate of drug-likeness (QED) is 0.731. The Labute approximate surface area is 111 Å². The van der Waals surface area contributed by atoms with Gasteiger partial charge in [-0.1, -0.05) is 13.8 Å². The number of rotatable bonds is 6. The molecule has 1 aliphatic heterocycles. The van der Waals surface area contributed by atoms with E-state index in [9.17, 15) is 4.79 Å². The average molecular weight is 256 g/mol. The molecule has 0 aromatic heterocycles. The number of carbonyl (C=O) groups excluding carboxylic acids is 1. The summed E-state index contributed by atoms with van der Waals surface area (Å²) < 4.78 is 4.84. The van der Waals surface area contributed by atoms with Crippen molar-refractivity contribution in [1.82, 2.24) is 10.2 Å². The lowest BCUT2D eigenvalue weighted by Crippen LogP contribution is -2.45. The monoisotopic (exact) mass is 256 g/mol. The molecule has 0 saturated carbocycles. The maximum absolute atomic E-state index is 11.6. The largest absolute Gasteiger partial charge is 0.469 e. The maximum atomic E-state index is 11.6. The van der Waals surface area contributed by atoms with E-state index in [0.717, 1.165) is 26.2 Å². The highest BCUT2D eigenvalue weighted by molar-refractivity contribution is 5.72. The molecule has 0 aromatic carbocycles. The molecule has 106 valence electrons. The van der Waals surface area contributed by atoms with E-state index < -0.39 is 0 Å². The molecule has 4 heteroatoms. The van der Waals surface area contributed by atoms with Gasteiger partial charge in [-0.2, -0.15) is 0 Å². The Bertz CT molecular complexity index is 252. The summed E-state index contributed by atoms with van der Waals surface area (Å²) in [5, 5.41) is 3.45. The van der Waals surface area contributed by atoms with Gasteiger partial charge in [-0.25, -0.2) is 0 Å². The number of nitrogens with zero attached hydrogens (tertiary/aromatic N) is 1. The molecule has 18 heavy (non-hydrogen) atoms. The fourth-order valence-electron chi connectivity index (χ4n) is 2.69. The van der Waals surface area contributed by atoms with Crippen molar-refractivity contribution in [1.29, 1.82) is 0 Å². The van der Waals surface area contributed by atoms with Gasteiger partial charge in [0.25, 0.3) is 0 Å². The van der Waals surface area contributed by atoms with E-state index in [4.69, 9.17) is 4.74 Å². The van der Waals surface area contributed by atoms with Crippen molar-refractivity contribution in [2.45, 2.75) is 39.7 Å². The van der Waals surface area contributed by atoms with Gasteiger partial charge in [0.1, 0.15) is 0 Å². The van der Waals surface area contributed by atoms with Crippen LogP contribution in [0.1, 0.15) is 33.6 Å². The Balaban J connectivity index is 2.50. The summed E-state index contributed by atoms with van der Waals surface area (Å²) >= 11 is 0. The molecule has 1 saturated heterocycles. The van der Waals surface area contributed by atoms with Gasteiger partial charge in [-0.3, -0.25) is 9.69 Å². The molecule has 1 rings (SSSR count). The first-order chi connectivity index (χ1) is 8.60. The minimum atomic E-state index is -0.109. The van der Waals surface area contributed by atoms with E-state index in [1.807, 2.05) is 6.92 Å². The molecule has 0 aromatic rings. The molecule has 0 radical (unpaired) electrons. The molecular weight excluding hydrogens is 228 g/mol. The minimum absolute atomic E-state index is 0.0634. The van der Waals surface area contributed by atoms with Crippen LogP contribution >= 0.6 is 0 Å². The SMILES string of the molecule is CCN(CC1CCCNC1)C(C)C(C)C(=O)OC. The summed E-state index contributed by atoms with van der Waals surface area (Å²) in [7, 11) is 1.47. The summed E-state index contributed by atoms with van der Waals surface area (Å²) in [6.07, 6.45) is 2.56. The lowest BCUT2D eigenvalue weighted by Gasteiger charge is -2.35. The Kier molecular flexibility index (Phi) is 6.65. The Morgan fingerprint density at radius 2 is 2.22 bits per heavy atom. The van der Waals surface area contributed by atoms with Crippen molar-refractivity contribution in [3.05, 3.63) is 0 Å². The van der Waals surface area contributed by atoms with Crippen LogP contribution in [0, 0.1) is 11.8 Å². The third kappa shape index (κ3) is 4.25. The Hall–Kier alpha value is -0.610. The van der Waals surface area contributed by atoms with E-state index in [1.54, 1.807) is 0 Å². The third-order valence-electron chi connectivity index (χ3n) is 4.17. The molecule has 0 amide bonds. The van der Waals surface area contributed by atoms with Gasteiger partial charge in [-0.05, 0) is 45.3 Å². The molecule has 0 spiro atoms. The van der Waals surface area contributed by atoms with Crippen molar-refractivity contribution in [3.63, 3.8) is 0 Å². The van der Waals surface area contributed by atoms with Gasteiger partial charge in [0.05, 0.1) is 13.0 Å². The van der Waals surface area contributed by atoms with Crippen LogP contribution in [0.3, 0.4) is 0 Å². The number of carbonyl (C=O) groups is 1. The zero-order chi connectivity index (χ0) is 13.5. The molecule has 1 N–H and O–H groups in total. The fraction of sp³-hybridized carbons (Fsp3) is 0.929. The first-order valence-electron chi connectivity index (χ1n) is 7.12. The van der Waals surface area contributed by atoms with Gasteiger partial charge in [0, 0.05) is 12.6 Å². The van der Waals surface area contributed by atoms with Crippen LogP contribution in [-0.2, 0) is 9.53 Å². The topological polar surface area (TPSA) is 41.6 Å². The van der Waals surface area contributed by atoms with Gasteiger partial charge in [-0.15, -0.1) is 0 Å². The van der Waals surface area contributed by atoms with Crippen LogP contribution < -0.4 is 5.32 Å². The molecule has 0 bridgehead atoms. The second kappa shape index (κ2) is 7.74. The van der Waals surface area contributed by atoms with E-state index >= 15 is 0 Å². The van der Waals surface area contributed by atoms with Gasteiger partial charge in [0.15, 0.2) is 0 Å². The summed E-state index contributed by atoms with van der Waals surface area (Å²) in [5.41, 5.74) is 0. The maximum Gasteiger partial charge on any atom is 0.309 e. The molecule has 0 aliphatic carbocycles. The van der Waals surface area contributed by atoms with Gasteiger partial charge < -0.3 is 10.1 Å². The predicted octanol–water partition coefficient (Wildman–Crippen LogP) is 1.51. The Morgan fingerprint density at radius 1 is 1.50 bits per heavy atom. The number of hydrogen-bond donors (Lipinski definition) is 1. The predicted molar refractivity (Wildman–Crippen MR) is 73.5 cm³/mol. The second-order valence-electron chi connectivity index (χ2n) is 5.35. The average Bonchev–Trinajstić information content (AvgIpc) is 2.43. The fourth-order valence-corrected chi connectivity index (χ4v) is 2.69. The number of piperidine rings is 1. The highest BCUT2D eigenvalue weighted by Gasteiger charge is 2.27. The summed E-state index contributed by atoms with van der Waals surface area (Å²) in [6, 6.07) is 0.240. The molecule has 1 heterocycles. The smallest absolute Gasteiger partial charge is 0.309 e. The lowest BCUT2D eigenvalue weighted by atomic mass is 9.96. The van der Waals surface area contributed by atoms with Crippen LogP contribution in [-0.4, -0.2) is 50.2 Å². The summed E-state index contributed by atoms with van der Waals surface area (Å²) in [5.74, 6) is 0.542. The van der Waals surface area contributed by atoms with Crippen LogP contribution in [0.25, 0.3) is 0 Å². The molecule has 1 fully saturated rings. The number of nitrogens with one attached hydrogen (secondary N) is 1. The molecule has 3 atom stereocenters. The first-order valence-corrected chi connectivity index (χ1v) is 7.12. The lowest BCUT2D eigenvalue weighted by molar-refractivity contribution is -0.147. The van der Waals surface area contributed by atoms with E-state index in [2.05, 4.69) is 24.1 Å². The van der Waals surface area contributed by atoms with Crippen molar-refractivity contribution in [3.8, 4) is 0 Å². The number of esters is 1. The molecule has 3 unspecified atom stereocenters. The van der Waals surface area contributed by atoms with Crippen LogP contribution in [0.5, 0.6) is 0 Å². The van der Waals surface area contributed by atoms with Gasteiger partial charge >= 0.3 is 5.97 Å². The normalized spacial score (nSPS) is 23.7. The number of ether oxygens (including phenoxy) is 1. The van der Waals surface area contributed by atoms with Crippen molar-refractivity contribution >= 4 is 5.97 Å². The standard InChI is InChI=1S/C14H28N2O2/c1-5-16(10-13-7-6-8-15-9-13)12(3)11(2)14(17)18-4/h11-13,15H,5-10H2,1-4H3. The van der Waals surface area contributed by atoms with Crippen molar-refractivity contribution in [2.24, 2.45) is 11.8 Å². The first kappa shape index (κ1) is 15.4. The molecular formula is C14H28N2O2. The highest BCUT2D eigenvalue weighted by atomic mass is 16.5. The van der Waals surface area contributed by atoms with E-state index in [-0.39, 0.29) is 17.9 Å². The van der Waals surface area contributed by atoms with Crippen LogP contribution in [0.4, 0.5) is 0 Å². The molecule has 4 nitrogen and oxygen atoms in total. The minimum Gasteiger partial charge on any atom is -0.469 e. The zero-order valence-corrected chi connectivity index (χ0v) is 12.2. The summed E-state index contributed by atoms with van der Waals surface area (Å²) in [6.45, 7) is 10.6. The number of hydrogen-bond acceptors (Lipinski definition) is 4. The van der Waals surface area contributed by atoms with E-state index in [1.165, 1.54) is 20.0 Å². The number of methoxy groups -OCH3 is 1. The summed E-state index contributed by atoms with van der Waals surface area (Å²) in [4.78, 5) is 14.0. The highest BCUT2D eigenvalue weighted by Crippen LogP contribution is 2.17. The van der Waals surface area contributed by atoms with Gasteiger partial charge in [0.2, 0.25) is 0 Å². The van der Waals surface area contributed by atoms with Crippen LogP contribution in [0.2, 0.25) is 0 Å². The van der Waals surface area contributed by atoms with Crippen LogP contribution in [0.15, 0.2) is 0 Å². The third-order valence-corrected chi connectivity index (χ3v) is 4.17.